The van der Waals surface area contributed by atoms with Gasteiger partial charge in [0.05, 0.1) is 38.8 Å². The Kier molecular flexibility index (Phi) is 16.0. The van der Waals surface area contributed by atoms with Crippen LogP contribution in [0.4, 0.5) is 0 Å². The van der Waals surface area contributed by atoms with Gasteiger partial charge in [-0.15, -0.1) is 0 Å². The maximum atomic E-state index is 7.24. The first kappa shape index (κ1) is 72.9. The van der Waals surface area contributed by atoms with Crippen molar-refractivity contribution >= 4 is 87.2 Å². The highest BCUT2D eigenvalue weighted by molar-refractivity contribution is 6.19. The number of pyridine rings is 2. The first-order valence-corrected chi connectivity index (χ1v) is 43.8. The van der Waals surface area contributed by atoms with E-state index in [2.05, 4.69) is 279 Å². The van der Waals surface area contributed by atoms with E-state index in [4.69, 9.17) is 58.2 Å². The van der Waals surface area contributed by atoms with Gasteiger partial charge >= 0.3 is 0 Å². The second-order valence-electron chi connectivity index (χ2n) is 33.6. The molecule has 0 saturated heterocycles. The second-order valence-corrected chi connectivity index (χ2v) is 33.6. The molecule has 2 aliphatic heterocycles. The molecular formula is C118H68N8O4. The van der Waals surface area contributed by atoms with Crippen LogP contribution in [0.5, 0.6) is 23.0 Å². The number of fused-ring (bicyclic) bond motifs is 32. The SMILES string of the molecule is c1ccc(-c2nc(-c3ccc4c(c3)nc(-c3ccccc3)c3ccc5c(c34)Oc3ccccc3C53c4ccccc4-c4ccccc43)nc(-c3cccc4c3oc3ccccc34)n2)cc1.c1ccc(-c2nc(-c3ccc4c(c3)nc(-c3ccccc3)c3ccc5c(c34)Oc3ccccc3C53c4ccccc4-c4ccccc43)nc(-c3cccc4oc5ccccc5c34)n2)cc1. The lowest BCUT2D eigenvalue weighted by atomic mass is 9.65. The Hall–Kier alpha value is -17.5. The fourth-order valence-electron chi connectivity index (χ4n) is 21.3. The third-order valence-electron chi connectivity index (χ3n) is 26.8. The summed E-state index contributed by atoms with van der Waals surface area (Å²) in [5.74, 6) is 6.66. The minimum Gasteiger partial charge on any atom is -0.456 e. The van der Waals surface area contributed by atoms with Crippen LogP contribution < -0.4 is 9.47 Å². The lowest BCUT2D eigenvalue weighted by Gasteiger charge is -2.40. The number of hydrogen-bond donors (Lipinski definition) is 0. The van der Waals surface area contributed by atoms with Crippen LogP contribution in [0.15, 0.2) is 421 Å². The Bertz CT molecular complexity index is 8800. The third kappa shape index (κ3) is 10.8. The zero-order valence-corrected chi connectivity index (χ0v) is 69.5. The molecule has 2 spiro atoms. The minimum absolute atomic E-state index is 0.526. The van der Waals surface area contributed by atoms with E-state index in [1.54, 1.807) is 0 Å². The van der Waals surface area contributed by atoms with Crippen LogP contribution in [-0.2, 0) is 10.8 Å². The average molecular weight is 1660 g/mol. The molecule has 0 amide bonds. The molecule has 0 bridgehead atoms. The summed E-state index contributed by atoms with van der Waals surface area (Å²) in [6, 6.07) is 144. The van der Waals surface area contributed by atoms with Gasteiger partial charge in [0.2, 0.25) is 0 Å². The fraction of sp³-hybridized carbons (Fsp3) is 0.0169. The van der Waals surface area contributed by atoms with Crippen molar-refractivity contribution in [3.63, 3.8) is 0 Å². The zero-order valence-electron chi connectivity index (χ0n) is 69.5. The van der Waals surface area contributed by atoms with Gasteiger partial charge in [-0.05, 0) is 93.0 Å². The predicted molar refractivity (Wildman–Crippen MR) is 518 cm³/mol. The summed E-state index contributed by atoms with van der Waals surface area (Å²) in [5, 5.41) is 10.0. The lowest BCUT2D eigenvalue weighted by Crippen LogP contribution is -2.32. The molecule has 12 heteroatoms. The number of nitrogens with zero attached hydrogens (tertiary/aromatic N) is 8. The van der Waals surface area contributed by atoms with E-state index in [0.717, 1.165) is 188 Å². The molecule has 0 atom stereocenters. The molecule has 604 valence electrons. The topological polar surface area (TPSA) is 148 Å². The number of para-hydroxylation sites is 5. The Morgan fingerprint density at radius 3 is 1.00 bits per heavy atom. The Morgan fingerprint density at radius 1 is 0.185 bits per heavy atom. The highest BCUT2D eigenvalue weighted by Gasteiger charge is 2.53. The third-order valence-corrected chi connectivity index (χ3v) is 26.8. The van der Waals surface area contributed by atoms with E-state index in [-0.39, 0.29) is 0 Å². The van der Waals surface area contributed by atoms with E-state index >= 15 is 0 Å². The van der Waals surface area contributed by atoms with Crippen LogP contribution in [-0.4, -0.2) is 39.9 Å². The molecular weight excluding hydrogens is 1590 g/mol. The normalized spacial score (nSPS) is 13.2. The second kappa shape index (κ2) is 28.5. The van der Waals surface area contributed by atoms with Crippen LogP contribution in [0.1, 0.15) is 44.5 Å². The summed E-state index contributed by atoms with van der Waals surface area (Å²) in [7, 11) is 0. The number of ether oxygens (including phenoxy) is 2. The summed E-state index contributed by atoms with van der Waals surface area (Å²) in [6.07, 6.45) is 0. The van der Waals surface area contributed by atoms with Crippen molar-refractivity contribution < 1.29 is 18.3 Å². The monoisotopic (exact) mass is 1660 g/mol. The van der Waals surface area contributed by atoms with E-state index in [1.807, 2.05) is 133 Å². The summed E-state index contributed by atoms with van der Waals surface area (Å²) in [4.78, 5) is 42.0. The summed E-state index contributed by atoms with van der Waals surface area (Å²) in [5.41, 5.74) is 26.8. The predicted octanol–water partition coefficient (Wildman–Crippen LogP) is 29.2. The van der Waals surface area contributed by atoms with Crippen molar-refractivity contribution in [2.45, 2.75) is 10.8 Å². The molecule has 24 aromatic rings. The molecule has 12 nitrogen and oxygen atoms in total. The van der Waals surface area contributed by atoms with Crippen LogP contribution >= 0.6 is 0 Å². The number of rotatable bonds is 8. The number of furan rings is 2. The Morgan fingerprint density at radius 2 is 0.523 bits per heavy atom. The Labute approximate surface area is 744 Å². The molecule has 8 heterocycles. The average Bonchev–Trinajstić information content (AvgIpc) is 1.48. The van der Waals surface area contributed by atoms with Gasteiger partial charge in [-0.1, -0.05) is 364 Å². The molecule has 0 radical (unpaired) electrons. The largest absolute Gasteiger partial charge is 0.456 e. The minimum atomic E-state index is -0.605. The van der Waals surface area contributed by atoms with Crippen LogP contribution in [0, 0.1) is 0 Å². The van der Waals surface area contributed by atoms with Gasteiger partial charge in [-0.25, -0.2) is 39.9 Å². The fourth-order valence-corrected chi connectivity index (χ4v) is 21.3. The first-order valence-electron chi connectivity index (χ1n) is 43.8. The smallest absolute Gasteiger partial charge is 0.167 e. The molecule has 130 heavy (non-hydrogen) atoms. The van der Waals surface area contributed by atoms with Gasteiger partial charge in [0.1, 0.15) is 45.3 Å². The van der Waals surface area contributed by atoms with Crippen LogP contribution in [0.3, 0.4) is 0 Å². The van der Waals surface area contributed by atoms with Crippen molar-refractivity contribution in [3.8, 4) is 136 Å². The first-order chi connectivity index (χ1) is 64.4. The molecule has 18 aromatic carbocycles. The van der Waals surface area contributed by atoms with Gasteiger partial charge in [0.25, 0.3) is 0 Å². The molecule has 6 aromatic heterocycles. The van der Waals surface area contributed by atoms with Crippen molar-refractivity contribution in [3.05, 3.63) is 457 Å². The van der Waals surface area contributed by atoms with Crippen molar-refractivity contribution in [1.82, 2.24) is 39.9 Å². The van der Waals surface area contributed by atoms with E-state index in [9.17, 15) is 0 Å². The molecule has 2 aliphatic carbocycles. The lowest BCUT2D eigenvalue weighted by molar-refractivity contribution is 0.442. The zero-order chi connectivity index (χ0) is 85.3. The molecule has 0 unspecified atom stereocenters. The van der Waals surface area contributed by atoms with E-state index in [1.165, 1.54) is 44.5 Å². The van der Waals surface area contributed by atoms with E-state index in [0.29, 0.717) is 34.9 Å². The van der Waals surface area contributed by atoms with Gasteiger partial charge in [-0.3, -0.25) is 0 Å². The quantitative estimate of drug-likeness (QED) is 0.133. The summed E-state index contributed by atoms with van der Waals surface area (Å²) < 4.78 is 27.3. The number of hydrogen-bond acceptors (Lipinski definition) is 12. The van der Waals surface area contributed by atoms with Crippen LogP contribution in [0.2, 0.25) is 0 Å². The van der Waals surface area contributed by atoms with E-state index < -0.39 is 10.8 Å². The maximum Gasteiger partial charge on any atom is 0.167 e. The summed E-state index contributed by atoms with van der Waals surface area (Å²) in [6.45, 7) is 0. The van der Waals surface area contributed by atoms with Crippen molar-refractivity contribution in [2.75, 3.05) is 0 Å². The highest BCUT2D eigenvalue weighted by atomic mass is 16.5. The van der Waals surface area contributed by atoms with Crippen molar-refractivity contribution in [1.29, 1.82) is 0 Å². The number of aromatic nitrogens is 8. The summed E-state index contributed by atoms with van der Waals surface area (Å²) >= 11 is 0. The van der Waals surface area contributed by atoms with Gasteiger partial charge in [0.15, 0.2) is 34.9 Å². The maximum absolute atomic E-state index is 7.24. The van der Waals surface area contributed by atoms with Gasteiger partial charge < -0.3 is 18.3 Å². The highest BCUT2D eigenvalue weighted by Crippen LogP contribution is 2.66. The van der Waals surface area contributed by atoms with Gasteiger partial charge in [-0.2, -0.15) is 0 Å². The molecule has 0 saturated carbocycles. The van der Waals surface area contributed by atoms with Gasteiger partial charge in [0, 0.05) is 115 Å². The molecule has 0 fully saturated rings. The number of benzene rings is 18. The molecule has 4 aliphatic rings. The van der Waals surface area contributed by atoms with Crippen LogP contribution in [0.25, 0.3) is 200 Å². The Balaban J connectivity index is 0.000000134. The van der Waals surface area contributed by atoms with Crippen molar-refractivity contribution in [2.24, 2.45) is 0 Å². The standard InChI is InChI=1S/2C59H34N4O2/c1-3-16-35(17-4-1)53-43-32-33-48-55(65-51-29-14-12-27-47(51)59(48)45-25-10-7-20-38(45)39-21-8-11-26-46(39)59)52(43)42-31-30-37(34-49(42)60-53)57-61-56(36-18-5-2-6-19-36)62-58(63-57)44-24-15-23-41-40-22-9-13-28-50(40)64-54(41)44;1-3-16-35(17-4-1)54-42-32-33-47-55(65-50-28-14-12-26-46(50)59(47)44-24-10-7-20-38(44)39-21-8-11-25-45(39)59)53(42)40-31-30-37(34-48(40)60-54)57-61-56(36-18-5-2-6-19-36)62-58(63-57)43-23-15-29-51-52(43)41-22-9-13-27-49(41)64-51/h2*1-34H. The molecule has 0 N–H and O–H groups in total. The molecule has 28 rings (SSSR count).